The summed E-state index contributed by atoms with van der Waals surface area (Å²) in [5.41, 5.74) is 1.94. The molecule has 4 nitrogen and oxygen atoms in total. The molecule has 2 N–H and O–H groups in total. The first-order valence-corrected chi connectivity index (χ1v) is 13.5. The normalized spacial score (nSPS) is 21.2. The number of hydrogen-bond donors (Lipinski definition) is 2. The second-order valence-electron chi connectivity index (χ2n) is 11.1. The molecular weight excluding hydrogens is 446 g/mol. The number of piperidine rings is 1. The minimum Gasteiger partial charge on any atom is -0.385 e. The van der Waals surface area contributed by atoms with E-state index in [9.17, 15) is 15.0 Å². The van der Waals surface area contributed by atoms with E-state index in [1.165, 1.54) is 5.70 Å². The predicted molar refractivity (Wildman–Crippen MR) is 145 cm³/mol. The Morgan fingerprint density at radius 1 is 1.03 bits per heavy atom. The lowest BCUT2D eigenvalue weighted by atomic mass is 9.71. The molecule has 2 unspecified atom stereocenters. The third-order valence-electron chi connectivity index (χ3n) is 8.20. The van der Waals surface area contributed by atoms with Gasteiger partial charge in [-0.1, -0.05) is 93.6 Å². The van der Waals surface area contributed by atoms with Gasteiger partial charge in [0.15, 0.2) is 5.78 Å². The molecule has 4 rings (SSSR count). The summed E-state index contributed by atoms with van der Waals surface area (Å²) in [6.07, 6.45) is 9.19. The van der Waals surface area contributed by atoms with E-state index in [1.54, 1.807) is 0 Å². The molecule has 0 bridgehead atoms. The van der Waals surface area contributed by atoms with Gasteiger partial charge in [0.05, 0.1) is 0 Å². The van der Waals surface area contributed by atoms with Crippen molar-refractivity contribution in [2.45, 2.75) is 64.6 Å². The molecule has 2 aromatic rings. The Labute approximate surface area is 216 Å². The number of ketones is 1. The summed E-state index contributed by atoms with van der Waals surface area (Å²) < 4.78 is 0. The van der Waals surface area contributed by atoms with E-state index in [4.69, 9.17) is 0 Å². The highest BCUT2D eigenvalue weighted by atomic mass is 16.3. The van der Waals surface area contributed by atoms with Crippen LogP contribution in [0.25, 0.3) is 0 Å². The van der Waals surface area contributed by atoms with Crippen molar-refractivity contribution in [3.8, 4) is 0 Å². The Balaban J connectivity index is 1.46. The second kappa shape index (κ2) is 11.1. The van der Waals surface area contributed by atoms with Crippen LogP contribution in [0.3, 0.4) is 0 Å². The Morgan fingerprint density at radius 2 is 1.58 bits per heavy atom. The third kappa shape index (κ3) is 5.50. The van der Waals surface area contributed by atoms with Crippen molar-refractivity contribution in [3.63, 3.8) is 0 Å². The maximum Gasteiger partial charge on any atom is 0.161 e. The monoisotopic (exact) mass is 487 g/mol. The van der Waals surface area contributed by atoms with Crippen molar-refractivity contribution in [3.05, 3.63) is 95.7 Å². The summed E-state index contributed by atoms with van der Waals surface area (Å²) in [5, 5.41) is 22.6. The molecule has 0 saturated carbocycles. The number of aliphatic hydroxyl groups is 2. The predicted octanol–water partition coefficient (Wildman–Crippen LogP) is 5.85. The lowest BCUT2D eigenvalue weighted by Crippen LogP contribution is -2.44. The molecule has 4 heteroatoms. The van der Waals surface area contributed by atoms with Gasteiger partial charge in [0.2, 0.25) is 0 Å². The van der Waals surface area contributed by atoms with Gasteiger partial charge in [-0.25, -0.2) is 0 Å². The van der Waals surface area contributed by atoms with Crippen molar-refractivity contribution in [2.75, 3.05) is 13.1 Å². The zero-order valence-corrected chi connectivity index (χ0v) is 21.9. The molecule has 0 spiro atoms. The highest BCUT2D eigenvalue weighted by molar-refractivity contribution is 5.82. The van der Waals surface area contributed by atoms with Gasteiger partial charge in [0, 0.05) is 25.2 Å². The molecule has 0 radical (unpaired) electrons. The summed E-state index contributed by atoms with van der Waals surface area (Å²) >= 11 is 0. The molecule has 0 aromatic heterocycles. The third-order valence-corrected chi connectivity index (χ3v) is 8.20. The fraction of sp³-hybridized carbons (Fsp3) is 0.469. The largest absolute Gasteiger partial charge is 0.385 e. The van der Waals surface area contributed by atoms with Gasteiger partial charge in [-0.15, -0.1) is 0 Å². The van der Waals surface area contributed by atoms with Crippen molar-refractivity contribution >= 4 is 5.78 Å². The average molecular weight is 488 g/mol. The van der Waals surface area contributed by atoms with Crippen molar-refractivity contribution in [1.29, 1.82) is 0 Å². The molecule has 1 aliphatic carbocycles. The highest BCUT2D eigenvalue weighted by Crippen LogP contribution is 2.44. The number of rotatable bonds is 9. The number of hydrogen-bond acceptors (Lipinski definition) is 4. The van der Waals surface area contributed by atoms with Gasteiger partial charge in [0.1, 0.15) is 11.7 Å². The topological polar surface area (TPSA) is 60.8 Å². The Bertz CT molecular complexity index is 1030. The lowest BCUT2D eigenvalue weighted by Gasteiger charge is -2.44. The zero-order valence-electron chi connectivity index (χ0n) is 21.9. The molecule has 2 aromatic carbocycles. The molecule has 2 atom stereocenters. The number of aliphatic hydroxyl groups excluding tert-OH is 1. The van der Waals surface area contributed by atoms with E-state index < -0.39 is 11.7 Å². The highest BCUT2D eigenvalue weighted by Gasteiger charge is 2.42. The maximum atomic E-state index is 12.2. The summed E-state index contributed by atoms with van der Waals surface area (Å²) in [7, 11) is 0. The Hall–Kier alpha value is -2.69. The van der Waals surface area contributed by atoms with E-state index in [-0.39, 0.29) is 23.0 Å². The van der Waals surface area contributed by atoms with Crippen LogP contribution in [0.5, 0.6) is 0 Å². The van der Waals surface area contributed by atoms with Crippen LogP contribution in [0.4, 0.5) is 0 Å². The van der Waals surface area contributed by atoms with Gasteiger partial charge >= 0.3 is 0 Å². The average Bonchev–Trinajstić information content (AvgIpc) is 2.90. The minimum absolute atomic E-state index is 0.0529. The van der Waals surface area contributed by atoms with Gasteiger partial charge in [-0.3, -0.25) is 4.79 Å². The first-order chi connectivity index (χ1) is 17.3. The summed E-state index contributed by atoms with van der Waals surface area (Å²) in [4.78, 5) is 14.6. The smallest absolute Gasteiger partial charge is 0.161 e. The number of carbonyl (C=O) groups excluding carboxylic acids is 1. The molecule has 1 saturated heterocycles. The van der Waals surface area contributed by atoms with Crippen LogP contribution in [0.1, 0.15) is 64.0 Å². The number of likely N-dealkylation sites (tertiary alicyclic amines) is 1. The summed E-state index contributed by atoms with van der Waals surface area (Å²) in [6.45, 7) is 8.10. The Morgan fingerprint density at radius 3 is 2.08 bits per heavy atom. The summed E-state index contributed by atoms with van der Waals surface area (Å²) in [5.74, 6) is 0.186. The molecule has 192 valence electrons. The molecule has 1 heterocycles. The number of carbonyl (C=O) groups is 1. The van der Waals surface area contributed by atoms with Gasteiger partial charge < -0.3 is 15.1 Å². The fourth-order valence-electron chi connectivity index (χ4n) is 5.94. The van der Waals surface area contributed by atoms with Crippen molar-refractivity contribution in [2.24, 2.45) is 17.3 Å². The van der Waals surface area contributed by atoms with Crippen LogP contribution >= 0.6 is 0 Å². The molecule has 1 aliphatic heterocycles. The van der Waals surface area contributed by atoms with E-state index in [0.717, 1.165) is 43.5 Å². The van der Waals surface area contributed by atoms with Gasteiger partial charge in [-0.05, 0) is 60.1 Å². The van der Waals surface area contributed by atoms with E-state index >= 15 is 0 Å². The first kappa shape index (κ1) is 26.4. The molecule has 2 aliphatic rings. The summed E-state index contributed by atoms with van der Waals surface area (Å²) in [6, 6.07) is 20.1. The SMILES string of the molecule is CCCC(=O)C(O)CC1C=CC(N2CCC(C(O)(c3ccccc3)c3ccccc3)CC2)=CC1(C)C. The zero-order chi connectivity index (χ0) is 25.8. The van der Waals surface area contributed by atoms with Crippen LogP contribution in [0, 0.1) is 17.3 Å². The van der Waals surface area contributed by atoms with Crippen LogP contribution < -0.4 is 0 Å². The standard InChI is InChI=1S/C32H41NO3/c1-4-11-29(34)30(35)22-27-16-17-28(23-31(27,2)3)33-20-18-26(19-21-33)32(36,24-12-7-5-8-13-24)25-14-9-6-10-15-25/h5-10,12-17,23,26-27,30,35-36H,4,11,18-22H2,1-3H3. The number of Topliss-reactive ketones (excluding diaryl/α,β-unsaturated/α-hetero) is 1. The molecule has 1 fully saturated rings. The number of nitrogens with zero attached hydrogens (tertiary/aromatic N) is 1. The second-order valence-corrected chi connectivity index (χ2v) is 11.1. The van der Waals surface area contributed by atoms with Crippen LogP contribution in [-0.2, 0) is 10.4 Å². The van der Waals surface area contributed by atoms with Crippen LogP contribution in [0.2, 0.25) is 0 Å². The first-order valence-electron chi connectivity index (χ1n) is 13.5. The number of allylic oxidation sites excluding steroid dienone is 3. The van der Waals surface area contributed by atoms with Crippen LogP contribution in [0.15, 0.2) is 84.6 Å². The lowest BCUT2D eigenvalue weighted by molar-refractivity contribution is -0.128. The minimum atomic E-state index is -1.02. The molecule has 0 amide bonds. The van der Waals surface area contributed by atoms with Crippen molar-refractivity contribution in [1.82, 2.24) is 4.90 Å². The van der Waals surface area contributed by atoms with Crippen LogP contribution in [-0.4, -0.2) is 40.1 Å². The Kier molecular flexibility index (Phi) is 8.17. The molecule has 36 heavy (non-hydrogen) atoms. The van der Waals surface area contributed by atoms with Gasteiger partial charge in [0.25, 0.3) is 0 Å². The van der Waals surface area contributed by atoms with E-state index in [0.29, 0.717) is 12.8 Å². The quantitative estimate of drug-likeness (QED) is 0.466. The molecular formula is C32H41NO3. The maximum absolute atomic E-state index is 12.2. The van der Waals surface area contributed by atoms with E-state index in [1.807, 2.05) is 67.6 Å². The number of benzene rings is 2. The van der Waals surface area contributed by atoms with Crippen molar-refractivity contribution < 1.29 is 15.0 Å². The van der Waals surface area contributed by atoms with Gasteiger partial charge in [-0.2, -0.15) is 0 Å². The fourth-order valence-corrected chi connectivity index (χ4v) is 5.94. The van der Waals surface area contributed by atoms with E-state index in [2.05, 4.69) is 37.0 Å².